The largest absolute Gasteiger partial charge is 0.281 e. The Labute approximate surface area is 85.2 Å². The van der Waals surface area contributed by atoms with E-state index in [1.54, 1.807) is 0 Å². The van der Waals surface area contributed by atoms with Crippen molar-refractivity contribution >= 4 is 5.71 Å². The Bertz CT molecular complexity index is 349. The molecular formula is C13H15N. The summed E-state index contributed by atoms with van der Waals surface area (Å²) in [7, 11) is 0. The van der Waals surface area contributed by atoms with Crippen LogP contribution in [0.3, 0.4) is 0 Å². The van der Waals surface area contributed by atoms with Crippen LogP contribution in [0.4, 0.5) is 0 Å². The molecule has 1 atom stereocenters. The molecule has 1 aliphatic rings. The molecule has 0 spiro atoms. The maximum absolute atomic E-state index is 4.70. The molecule has 72 valence electrons. The van der Waals surface area contributed by atoms with Crippen LogP contribution in [0.25, 0.3) is 0 Å². The summed E-state index contributed by atoms with van der Waals surface area (Å²) in [5, 5.41) is 0. The number of rotatable bonds is 2. The first-order valence-electron chi connectivity index (χ1n) is 5.18. The van der Waals surface area contributed by atoms with Gasteiger partial charge in [0.1, 0.15) is 0 Å². The Morgan fingerprint density at radius 2 is 2.07 bits per heavy atom. The monoisotopic (exact) mass is 185 g/mol. The van der Waals surface area contributed by atoms with Crippen LogP contribution >= 0.6 is 0 Å². The van der Waals surface area contributed by atoms with Gasteiger partial charge in [0.15, 0.2) is 0 Å². The van der Waals surface area contributed by atoms with Crippen LogP contribution in [0, 0.1) is 0 Å². The van der Waals surface area contributed by atoms with Gasteiger partial charge in [-0.25, -0.2) is 0 Å². The van der Waals surface area contributed by atoms with Crippen LogP contribution < -0.4 is 0 Å². The van der Waals surface area contributed by atoms with E-state index in [1.165, 1.54) is 11.3 Å². The molecule has 2 rings (SSSR count). The Balaban J connectivity index is 2.21. The molecule has 0 amide bonds. The number of hydrogen-bond donors (Lipinski definition) is 0. The van der Waals surface area contributed by atoms with E-state index in [0.717, 1.165) is 12.8 Å². The zero-order valence-electron chi connectivity index (χ0n) is 8.48. The predicted octanol–water partition coefficient (Wildman–Crippen LogP) is 3.54. The van der Waals surface area contributed by atoms with Crippen molar-refractivity contribution < 1.29 is 0 Å². The normalized spacial score (nSPS) is 20.6. The quantitative estimate of drug-likeness (QED) is 0.668. The second kappa shape index (κ2) is 4.23. The van der Waals surface area contributed by atoms with Gasteiger partial charge in [-0.05, 0) is 24.5 Å². The lowest BCUT2D eigenvalue weighted by Gasteiger charge is -2.15. The van der Waals surface area contributed by atoms with Gasteiger partial charge in [-0.3, -0.25) is 4.99 Å². The fourth-order valence-electron chi connectivity index (χ4n) is 1.72. The molecule has 1 aromatic carbocycles. The second-order valence-corrected chi connectivity index (χ2v) is 3.54. The molecule has 0 N–H and O–H groups in total. The highest BCUT2D eigenvalue weighted by atomic mass is 14.8. The predicted molar refractivity (Wildman–Crippen MR) is 60.7 cm³/mol. The molecule has 0 unspecified atom stereocenters. The van der Waals surface area contributed by atoms with Crippen molar-refractivity contribution in [1.82, 2.24) is 0 Å². The average molecular weight is 185 g/mol. The fraction of sp³-hybridized carbons (Fsp3) is 0.308. The van der Waals surface area contributed by atoms with Gasteiger partial charge in [0.25, 0.3) is 0 Å². The van der Waals surface area contributed by atoms with Crippen molar-refractivity contribution in [2.75, 3.05) is 0 Å². The van der Waals surface area contributed by atoms with Crippen LogP contribution in [0.1, 0.15) is 31.4 Å². The van der Waals surface area contributed by atoms with Gasteiger partial charge in [0.05, 0.1) is 6.04 Å². The second-order valence-electron chi connectivity index (χ2n) is 3.54. The van der Waals surface area contributed by atoms with Crippen molar-refractivity contribution in [2.45, 2.75) is 25.8 Å². The topological polar surface area (TPSA) is 12.4 Å². The summed E-state index contributed by atoms with van der Waals surface area (Å²) < 4.78 is 0. The van der Waals surface area contributed by atoms with Gasteiger partial charge in [-0.2, -0.15) is 0 Å². The number of hydrogen-bond acceptors (Lipinski definition) is 1. The summed E-state index contributed by atoms with van der Waals surface area (Å²) in [5.41, 5.74) is 2.54. The van der Waals surface area contributed by atoms with E-state index >= 15 is 0 Å². The highest BCUT2D eigenvalue weighted by Crippen LogP contribution is 2.24. The standard InChI is InChI=1S/C13H15N/c1-2-12-9-6-10-13(14-12)11-7-4-3-5-8-11/h3-9,13H,2,10H2,1H3/t13-/m0/s1. The first-order chi connectivity index (χ1) is 6.90. The molecule has 14 heavy (non-hydrogen) atoms. The van der Waals surface area contributed by atoms with Crippen molar-refractivity contribution in [1.29, 1.82) is 0 Å². The molecule has 1 heteroatoms. The fourth-order valence-corrected chi connectivity index (χ4v) is 1.72. The summed E-state index contributed by atoms with van der Waals surface area (Å²) in [5.74, 6) is 0. The van der Waals surface area contributed by atoms with Gasteiger partial charge < -0.3 is 0 Å². The summed E-state index contributed by atoms with van der Waals surface area (Å²) >= 11 is 0. The molecule has 0 aliphatic carbocycles. The number of dihydropyridines is 1. The summed E-state index contributed by atoms with van der Waals surface area (Å²) in [6, 6.07) is 10.9. The van der Waals surface area contributed by atoms with Crippen LogP contribution in [0.15, 0.2) is 47.5 Å². The molecule has 0 radical (unpaired) electrons. The van der Waals surface area contributed by atoms with E-state index in [-0.39, 0.29) is 0 Å². The maximum atomic E-state index is 4.70. The molecule has 1 nitrogen and oxygen atoms in total. The van der Waals surface area contributed by atoms with E-state index in [0.29, 0.717) is 6.04 Å². The van der Waals surface area contributed by atoms with Crippen molar-refractivity contribution in [3.63, 3.8) is 0 Å². The van der Waals surface area contributed by atoms with Gasteiger partial charge in [0.2, 0.25) is 0 Å². The Morgan fingerprint density at radius 1 is 1.29 bits per heavy atom. The molecule has 0 bridgehead atoms. The maximum Gasteiger partial charge on any atom is 0.0786 e. The highest BCUT2D eigenvalue weighted by molar-refractivity contribution is 5.95. The van der Waals surface area contributed by atoms with Gasteiger partial charge in [-0.1, -0.05) is 43.3 Å². The molecule has 0 saturated heterocycles. The molecule has 1 heterocycles. The smallest absolute Gasteiger partial charge is 0.0786 e. The molecule has 0 saturated carbocycles. The Morgan fingerprint density at radius 3 is 2.79 bits per heavy atom. The SMILES string of the molecule is CCC1=N[C@H](c2ccccc2)CC=C1. The zero-order chi connectivity index (χ0) is 9.80. The average Bonchev–Trinajstić information content (AvgIpc) is 2.30. The lowest BCUT2D eigenvalue weighted by atomic mass is 10.0. The van der Waals surface area contributed by atoms with Crippen LogP contribution in [-0.2, 0) is 0 Å². The zero-order valence-corrected chi connectivity index (χ0v) is 8.48. The van der Waals surface area contributed by atoms with Gasteiger partial charge in [0, 0.05) is 5.71 Å². The van der Waals surface area contributed by atoms with Crippen LogP contribution in [0.5, 0.6) is 0 Å². The lowest BCUT2D eigenvalue weighted by Crippen LogP contribution is -2.04. The summed E-state index contributed by atoms with van der Waals surface area (Å²) in [6.45, 7) is 2.15. The molecule has 1 aliphatic heterocycles. The Hall–Kier alpha value is -1.37. The first-order valence-corrected chi connectivity index (χ1v) is 5.18. The van der Waals surface area contributed by atoms with E-state index in [9.17, 15) is 0 Å². The minimum Gasteiger partial charge on any atom is -0.281 e. The highest BCUT2D eigenvalue weighted by Gasteiger charge is 2.11. The van der Waals surface area contributed by atoms with E-state index < -0.39 is 0 Å². The number of benzene rings is 1. The molecule has 0 fully saturated rings. The molecule has 1 aromatic rings. The van der Waals surface area contributed by atoms with Gasteiger partial charge >= 0.3 is 0 Å². The van der Waals surface area contributed by atoms with Crippen LogP contribution in [0.2, 0.25) is 0 Å². The summed E-state index contributed by atoms with van der Waals surface area (Å²) in [6.07, 6.45) is 6.43. The van der Waals surface area contributed by atoms with Gasteiger partial charge in [-0.15, -0.1) is 0 Å². The van der Waals surface area contributed by atoms with E-state index in [2.05, 4.69) is 43.3 Å². The summed E-state index contributed by atoms with van der Waals surface area (Å²) in [4.78, 5) is 4.70. The number of aliphatic imine (C=N–C) groups is 1. The first kappa shape index (κ1) is 9.20. The lowest BCUT2D eigenvalue weighted by molar-refractivity contribution is 0.732. The van der Waals surface area contributed by atoms with Crippen LogP contribution in [-0.4, -0.2) is 5.71 Å². The number of allylic oxidation sites excluding steroid dienone is 1. The third-order valence-corrected chi connectivity index (χ3v) is 2.54. The third kappa shape index (κ3) is 1.92. The third-order valence-electron chi connectivity index (χ3n) is 2.54. The minimum absolute atomic E-state index is 0.344. The van der Waals surface area contributed by atoms with E-state index in [4.69, 9.17) is 4.99 Å². The van der Waals surface area contributed by atoms with Crippen molar-refractivity contribution in [3.8, 4) is 0 Å². The van der Waals surface area contributed by atoms with Crippen molar-refractivity contribution in [2.24, 2.45) is 4.99 Å². The van der Waals surface area contributed by atoms with E-state index in [1.807, 2.05) is 6.07 Å². The number of nitrogens with zero attached hydrogens (tertiary/aromatic N) is 1. The molecule has 0 aromatic heterocycles. The van der Waals surface area contributed by atoms with Crippen molar-refractivity contribution in [3.05, 3.63) is 48.0 Å². The Kier molecular flexibility index (Phi) is 2.78. The molecular weight excluding hydrogens is 170 g/mol. The minimum atomic E-state index is 0.344.